The first-order valence-electron chi connectivity index (χ1n) is 8.09. The molecule has 1 atom stereocenters. The number of hydrogen-bond acceptors (Lipinski definition) is 4. The van der Waals surface area contributed by atoms with E-state index in [2.05, 4.69) is 10.0 Å². The van der Waals surface area contributed by atoms with Gasteiger partial charge >= 0.3 is 0 Å². The second kappa shape index (κ2) is 6.83. The van der Waals surface area contributed by atoms with Crippen LogP contribution in [0.25, 0.3) is 0 Å². The van der Waals surface area contributed by atoms with Gasteiger partial charge in [-0.05, 0) is 38.0 Å². The monoisotopic (exact) mass is 354 g/mol. The first-order valence-corrected chi connectivity index (χ1v) is 10.5. The number of hydrogen-bond donors (Lipinski definition) is 2. The molecule has 5 nitrogen and oxygen atoms in total. The largest absolute Gasteiger partial charge is 0.324 e. The maximum atomic E-state index is 12.6. The van der Waals surface area contributed by atoms with Gasteiger partial charge in [0.05, 0.1) is 15.8 Å². The molecule has 23 heavy (non-hydrogen) atoms. The minimum absolute atomic E-state index is 0.0162. The zero-order chi connectivity index (χ0) is 16.4. The first kappa shape index (κ1) is 16.8. The average molecular weight is 354 g/mol. The Balaban J connectivity index is 1.80. The highest BCUT2D eigenvalue weighted by molar-refractivity contribution is 8.01. The highest BCUT2D eigenvalue weighted by atomic mass is 32.2. The Morgan fingerprint density at radius 2 is 1.87 bits per heavy atom. The molecule has 0 unspecified atom stereocenters. The number of benzene rings is 1. The molecule has 126 valence electrons. The van der Waals surface area contributed by atoms with Crippen molar-refractivity contribution in [3.63, 3.8) is 0 Å². The van der Waals surface area contributed by atoms with Crippen molar-refractivity contribution >= 4 is 33.4 Å². The number of anilines is 1. The third-order valence-electron chi connectivity index (χ3n) is 4.37. The number of carbonyl (C=O) groups is 1. The minimum atomic E-state index is -3.55. The number of fused-ring (bicyclic) bond motifs is 1. The Morgan fingerprint density at radius 1 is 1.17 bits per heavy atom. The number of nitrogens with one attached hydrogen (secondary N) is 2. The van der Waals surface area contributed by atoms with Gasteiger partial charge in [0.25, 0.3) is 0 Å². The summed E-state index contributed by atoms with van der Waals surface area (Å²) < 4.78 is 28.1. The van der Waals surface area contributed by atoms with Gasteiger partial charge in [0, 0.05) is 10.9 Å². The van der Waals surface area contributed by atoms with Gasteiger partial charge in [-0.3, -0.25) is 4.79 Å². The normalized spacial score (nSPS) is 23.0. The van der Waals surface area contributed by atoms with Gasteiger partial charge in [-0.1, -0.05) is 25.7 Å². The van der Waals surface area contributed by atoms with Crippen LogP contribution < -0.4 is 10.0 Å². The third kappa shape index (κ3) is 3.89. The van der Waals surface area contributed by atoms with Gasteiger partial charge < -0.3 is 5.32 Å². The lowest BCUT2D eigenvalue weighted by molar-refractivity contribution is -0.115. The Morgan fingerprint density at radius 3 is 2.57 bits per heavy atom. The maximum absolute atomic E-state index is 12.6. The molecule has 1 fully saturated rings. The van der Waals surface area contributed by atoms with Crippen LogP contribution in [0.5, 0.6) is 0 Å². The van der Waals surface area contributed by atoms with Crippen molar-refractivity contribution in [2.45, 2.75) is 66.5 Å². The molecule has 1 saturated carbocycles. The third-order valence-corrected chi connectivity index (χ3v) is 7.06. The molecule has 1 aromatic rings. The second-order valence-corrected chi connectivity index (χ2v) is 9.31. The van der Waals surface area contributed by atoms with Gasteiger partial charge in [-0.15, -0.1) is 11.8 Å². The maximum Gasteiger partial charge on any atom is 0.240 e. The number of carbonyl (C=O) groups excluding carboxylic acids is 1. The fraction of sp³-hybridized carbons (Fsp3) is 0.562. The fourth-order valence-corrected chi connectivity index (χ4v) is 5.30. The molecule has 0 spiro atoms. The molecule has 0 aromatic heterocycles. The Labute approximate surface area is 141 Å². The molecule has 1 amide bonds. The van der Waals surface area contributed by atoms with Crippen molar-refractivity contribution in [2.24, 2.45) is 0 Å². The van der Waals surface area contributed by atoms with E-state index >= 15 is 0 Å². The Bertz CT molecular complexity index is 695. The van der Waals surface area contributed by atoms with E-state index in [1.54, 1.807) is 18.2 Å². The quantitative estimate of drug-likeness (QED) is 0.818. The van der Waals surface area contributed by atoms with Crippen LogP contribution in [-0.2, 0) is 14.8 Å². The van der Waals surface area contributed by atoms with Crippen LogP contribution in [0.4, 0.5) is 5.69 Å². The van der Waals surface area contributed by atoms with Crippen molar-refractivity contribution in [2.75, 3.05) is 5.32 Å². The lowest BCUT2D eigenvalue weighted by atomic mass is 10.1. The minimum Gasteiger partial charge on any atom is -0.324 e. The van der Waals surface area contributed by atoms with Crippen LogP contribution in [0.2, 0.25) is 0 Å². The van der Waals surface area contributed by atoms with E-state index in [1.807, 2.05) is 6.92 Å². The van der Waals surface area contributed by atoms with Crippen LogP contribution in [0.1, 0.15) is 45.4 Å². The molecule has 3 rings (SSSR count). The van der Waals surface area contributed by atoms with Crippen LogP contribution in [0.15, 0.2) is 28.0 Å². The second-order valence-electron chi connectivity index (χ2n) is 6.22. The van der Waals surface area contributed by atoms with E-state index in [0.717, 1.165) is 30.6 Å². The zero-order valence-electron chi connectivity index (χ0n) is 13.2. The van der Waals surface area contributed by atoms with Crippen molar-refractivity contribution in [1.82, 2.24) is 4.72 Å². The molecule has 7 heteroatoms. The number of thioether (sulfide) groups is 1. The summed E-state index contributed by atoms with van der Waals surface area (Å²) in [6, 6.07) is 4.97. The van der Waals surface area contributed by atoms with Gasteiger partial charge in [0.2, 0.25) is 15.9 Å². The van der Waals surface area contributed by atoms with Crippen LogP contribution >= 0.6 is 11.8 Å². The Kier molecular flexibility index (Phi) is 4.98. The number of amides is 1. The van der Waals surface area contributed by atoms with Crippen LogP contribution in [0.3, 0.4) is 0 Å². The SMILES string of the molecule is C[C@@H]1Sc2ccc(S(=O)(=O)NC3CCCCCC3)cc2NC1=O. The van der Waals surface area contributed by atoms with Crippen LogP contribution in [0, 0.1) is 0 Å². The van der Waals surface area contributed by atoms with E-state index in [-0.39, 0.29) is 22.1 Å². The zero-order valence-corrected chi connectivity index (χ0v) is 14.8. The molecule has 1 aromatic carbocycles. The number of sulfonamides is 1. The fourth-order valence-electron chi connectivity index (χ4n) is 3.04. The predicted molar refractivity (Wildman–Crippen MR) is 92.2 cm³/mol. The molecular formula is C16H22N2O3S2. The highest BCUT2D eigenvalue weighted by Crippen LogP contribution is 2.36. The summed E-state index contributed by atoms with van der Waals surface area (Å²) in [5.41, 5.74) is 0.585. The lowest BCUT2D eigenvalue weighted by Gasteiger charge is -2.22. The van der Waals surface area contributed by atoms with E-state index in [4.69, 9.17) is 0 Å². The van der Waals surface area contributed by atoms with E-state index in [9.17, 15) is 13.2 Å². The molecule has 1 aliphatic carbocycles. The topological polar surface area (TPSA) is 75.3 Å². The summed E-state index contributed by atoms with van der Waals surface area (Å²) in [5.74, 6) is -0.0891. The summed E-state index contributed by atoms with van der Waals surface area (Å²) >= 11 is 1.45. The standard InChI is InChI=1S/C16H22N2O3S2/c1-11-16(19)17-14-10-13(8-9-15(14)22-11)23(20,21)18-12-6-4-2-3-5-7-12/h8-12,18H,2-7H2,1H3,(H,17,19)/t11-/m0/s1. The van der Waals surface area contributed by atoms with Gasteiger partial charge in [-0.25, -0.2) is 13.1 Å². The molecule has 0 saturated heterocycles. The van der Waals surface area contributed by atoms with E-state index in [1.165, 1.54) is 24.6 Å². The summed E-state index contributed by atoms with van der Waals surface area (Å²) in [7, 11) is -3.55. The van der Waals surface area contributed by atoms with Crippen molar-refractivity contribution < 1.29 is 13.2 Å². The van der Waals surface area contributed by atoms with Gasteiger partial charge in [-0.2, -0.15) is 0 Å². The van der Waals surface area contributed by atoms with Crippen molar-refractivity contribution in [3.05, 3.63) is 18.2 Å². The van der Waals surface area contributed by atoms with Gasteiger partial charge in [0.1, 0.15) is 0 Å². The smallest absolute Gasteiger partial charge is 0.240 e. The number of rotatable bonds is 3. The average Bonchev–Trinajstić information content (AvgIpc) is 2.76. The molecule has 2 aliphatic rings. The highest BCUT2D eigenvalue weighted by Gasteiger charge is 2.26. The van der Waals surface area contributed by atoms with E-state index < -0.39 is 10.0 Å². The van der Waals surface area contributed by atoms with Gasteiger partial charge in [0.15, 0.2) is 0 Å². The van der Waals surface area contributed by atoms with Crippen molar-refractivity contribution in [1.29, 1.82) is 0 Å². The molecular weight excluding hydrogens is 332 g/mol. The first-order chi connectivity index (χ1) is 11.0. The predicted octanol–water partition coefficient (Wildman–Crippen LogP) is 3.12. The van der Waals surface area contributed by atoms with Crippen molar-refractivity contribution in [3.8, 4) is 0 Å². The summed E-state index contributed by atoms with van der Waals surface area (Å²) in [6.07, 6.45) is 6.30. The lowest BCUT2D eigenvalue weighted by Crippen LogP contribution is -2.34. The molecule has 2 N–H and O–H groups in total. The van der Waals surface area contributed by atoms with E-state index in [0.29, 0.717) is 5.69 Å². The summed E-state index contributed by atoms with van der Waals surface area (Å²) in [6.45, 7) is 1.83. The molecule has 0 radical (unpaired) electrons. The Hall–Kier alpha value is -1.05. The summed E-state index contributed by atoms with van der Waals surface area (Å²) in [4.78, 5) is 12.9. The molecule has 1 heterocycles. The molecule has 1 aliphatic heterocycles. The molecule has 0 bridgehead atoms. The summed E-state index contributed by atoms with van der Waals surface area (Å²) in [5, 5.41) is 2.63. The van der Waals surface area contributed by atoms with Crippen LogP contribution in [-0.4, -0.2) is 25.6 Å².